The highest BCUT2D eigenvalue weighted by atomic mass is 14.7. The second kappa shape index (κ2) is 13.5. The van der Waals surface area contributed by atoms with Gasteiger partial charge in [-0.25, -0.2) is 9.97 Å². The number of rotatable bonds is 4. The Kier molecular flexibility index (Phi) is 7.86. The molecule has 0 aliphatic heterocycles. The zero-order valence-electron chi connectivity index (χ0n) is 36.6. The monoisotopic (exact) mass is 818 g/mol. The highest BCUT2D eigenvalue weighted by molar-refractivity contribution is 6.17. The molecule has 13 rings (SSSR count). The van der Waals surface area contributed by atoms with Crippen LogP contribution in [0.1, 0.15) is 62.8 Å². The van der Waals surface area contributed by atoms with E-state index < -0.39 is 0 Å². The molecule has 0 fully saturated rings. The maximum absolute atomic E-state index is 5.65. The molecule has 2 heterocycles. The molecule has 0 atom stereocenters. The van der Waals surface area contributed by atoms with E-state index in [1.165, 1.54) is 77.4 Å². The van der Waals surface area contributed by atoms with Crippen molar-refractivity contribution in [1.82, 2.24) is 9.97 Å². The predicted molar refractivity (Wildman–Crippen MR) is 270 cm³/mol. The van der Waals surface area contributed by atoms with Crippen LogP contribution in [0.4, 0.5) is 0 Å². The fourth-order valence-corrected chi connectivity index (χ4v) is 11.6. The van der Waals surface area contributed by atoms with E-state index in [0.717, 1.165) is 68.1 Å². The molecule has 10 aromatic rings. The van der Waals surface area contributed by atoms with Crippen LogP contribution in [-0.2, 0) is 10.8 Å². The Labute approximate surface area is 374 Å². The topological polar surface area (TPSA) is 25.8 Å². The van der Waals surface area contributed by atoms with Crippen LogP contribution in [0.15, 0.2) is 188 Å². The molecule has 2 heteroatoms. The van der Waals surface area contributed by atoms with Crippen molar-refractivity contribution in [1.29, 1.82) is 0 Å². The number of nitrogens with zero attached hydrogens (tertiary/aromatic N) is 2. The maximum atomic E-state index is 5.65. The summed E-state index contributed by atoms with van der Waals surface area (Å²) in [6.45, 7) is 9.50. The summed E-state index contributed by atoms with van der Waals surface area (Å²) < 4.78 is 0. The summed E-state index contributed by atoms with van der Waals surface area (Å²) >= 11 is 0. The van der Waals surface area contributed by atoms with Gasteiger partial charge in [0.2, 0.25) is 0 Å². The molecule has 0 radical (unpaired) electrons. The van der Waals surface area contributed by atoms with Crippen molar-refractivity contribution in [2.75, 3.05) is 0 Å². The summed E-state index contributed by atoms with van der Waals surface area (Å²) in [5.41, 5.74) is 22.1. The summed E-state index contributed by atoms with van der Waals surface area (Å²) in [4.78, 5) is 10.9. The van der Waals surface area contributed by atoms with E-state index in [1.807, 2.05) is 0 Å². The van der Waals surface area contributed by atoms with Crippen molar-refractivity contribution in [3.05, 3.63) is 210 Å². The van der Waals surface area contributed by atoms with Gasteiger partial charge in [-0.1, -0.05) is 179 Å². The second-order valence-corrected chi connectivity index (χ2v) is 19.2. The zero-order chi connectivity index (χ0) is 42.9. The molecular weight excluding hydrogens is 773 g/mol. The average Bonchev–Trinajstić information content (AvgIpc) is 3.72. The lowest BCUT2D eigenvalue weighted by Gasteiger charge is -2.24. The SMILES string of the molecule is CC1(C)C2=C(CCC=C2)c2ccc(-c3cc4c(-c5ccc(-c6nc7ccccc7c7ccccc67)cc5)cc(-c5ccc6c(c5)C(C)(C)c5ccccc5-6)nc4c4ccccc34)cc21. The van der Waals surface area contributed by atoms with E-state index in [-0.39, 0.29) is 10.8 Å². The second-order valence-electron chi connectivity index (χ2n) is 19.2. The van der Waals surface area contributed by atoms with Crippen molar-refractivity contribution in [2.45, 2.75) is 51.4 Å². The van der Waals surface area contributed by atoms with Crippen LogP contribution in [0.25, 0.3) is 105 Å². The molecule has 304 valence electrons. The van der Waals surface area contributed by atoms with Gasteiger partial charge in [0.25, 0.3) is 0 Å². The summed E-state index contributed by atoms with van der Waals surface area (Å²) in [7, 11) is 0. The summed E-state index contributed by atoms with van der Waals surface area (Å²) in [5.74, 6) is 0. The van der Waals surface area contributed by atoms with E-state index in [9.17, 15) is 0 Å². The first-order valence-electron chi connectivity index (χ1n) is 22.8. The van der Waals surface area contributed by atoms with Gasteiger partial charge in [-0.3, -0.25) is 0 Å². The molecule has 0 amide bonds. The van der Waals surface area contributed by atoms with Crippen LogP contribution in [0.2, 0.25) is 0 Å². The Morgan fingerprint density at radius 1 is 0.406 bits per heavy atom. The minimum Gasteiger partial charge on any atom is -0.247 e. The number of benzene rings is 8. The minimum atomic E-state index is -0.116. The van der Waals surface area contributed by atoms with E-state index in [2.05, 4.69) is 210 Å². The standard InChI is InChI=1S/C62H46N2/c1-61(2)53-22-12-9-17-43(53)45-31-29-39(33-55(45)61)50-35-52-51(37-25-27-38(28-26-37)59-48-20-7-5-15-41(48)47-19-11-14-24-57(47)63-59)36-58(64-60(52)49-21-8-6-16-42(49)50)40-30-32-46-44-18-10-13-23-54(44)62(3,4)56(46)34-40/h5-8,10-16,18-36H,9,17H2,1-4H3. The molecule has 0 saturated heterocycles. The number of hydrogen-bond donors (Lipinski definition) is 0. The predicted octanol–water partition coefficient (Wildman–Crippen LogP) is 16.5. The number of pyridine rings is 2. The van der Waals surface area contributed by atoms with Crippen LogP contribution >= 0.6 is 0 Å². The third-order valence-corrected chi connectivity index (χ3v) is 14.9. The van der Waals surface area contributed by atoms with Gasteiger partial charge in [0.1, 0.15) is 0 Å². The van der Waals surface area contributed by atoms with Gasteiger partial charge < -0.3 is 0 Å². The maximum Gasteiger partial charge on any atom is 0.0794 e. The molecule has 0 N–H and O–H groups in total. The van der Waals surface area contributed by atoms with Gasteiger partial charge in [0.05, 0.1) is 22.4 Å². The molecule has 0 bridgehead atoms. The van der Waals surface area contributed by atoms with Crippen LogP contribution in [0.5, 0.6) is 0 Å². The molecule has 2 aromatic heterocycles. The van der Waals surface area contributed by atoms with E-state index in [0.29, 0.717) is 0 Å². The van der Waals surface area contributed by atoms with Gasteiger partial charge >= 0.3 is 0 Å². The molecule has 3 aliphatic rings. The first-order chi connectivity index (χ1) is 31.2. The molecule has 0 unspecified atom stereocenters. The quantitative estimate of drug-likeness (QED) is 0.165. The van der Waals surface area contributed by atoms with Gasteiger partial charge in [-0.15, -0.1) is 0 Å². The third kappa shape index (κ3) is 5.32. The average molecular weight is 819 g/mol. The van der Waals surface area contributed by atoms with E-state index >= 15 is 0 Å². The highest BCUT2D eigenvalue weighted by Gasteiger charge is 2.38. The smallest absolute Gasteiger partial charge is 0.0794 e. The number of allylic oxidation sites excluding steroid dienone is 4. The van der Waals surface area contributed by atoms with Crippen LogP contribution in [0.3, 0.4) is 0 Å². The molecule has 0 spiro atoms. The molecule has 8 aromatic carbocycles. The van der Waals surface area contributed by atoms with Crippen molar-refractivity contribution in [2.24, 2.45) is 0 Å². The minimum absolute atomic E-state index is 0.0510. The number of hydrogen-bond acceptors (Lipinski definition) is 2. The Bertz CT molecular complexity index is 3710. The lowest BCUT2D eigenvalue weighted by molar-refractivity contribution is 0.651. The third-order valence-electron chi connectivity index (χ3n) is 14.9. The Morgan fingerprint density at radius 3 is 1.86 bits per heavy atom. The molecule has 0 saturated carbocycles. The zero-order valence-corrected chi connectivity index (χ0v) is 36.6. The Morgan fingerprint density at radius 2 is 1.02 bits per heavy atom. The van der Waals surface area contributed by atoms with Gasteiger partial charge in [0, 0.05) is 43.5 Å². The van der Waals surface area contributed by atoms with E-state index in [1.54, 1.807) is 0 Å². The lowest BCUT2D eigenvalue weighted by atomic mass is 9.79. The normalized spacial score (nSPS) is 15.5. The first-order valence-corrected chi connectivity index (χ1v) is 22.8. The molecular formula is C62H46N2. The van der Waals surface area contributed by atoms with Gasteiger partial charge in [0.15, 0.2) is 0 Å². The number of para-hydroxylation sites is 1. The Balaban J connectivity index is 1.03. The Hall–Kier alpha value is -7.42. The number of fused-ring (bicyclic) bond motifs is 11. The fraction of sp³-hybridized carbons (Fsp3) is 0.129. The summed E-state index contributed by atoms with van der Waals surface area (Å²) in [5, 5.41) is 7.08. The van der Waals surface area contributed by atoms with Gasteiger partial charge in [-0.2, -0.15) is 0 Å². The first kappa shape index (κ1) is 37.2. The fourth-order valence-electron chi connectivity index (χ4n) is 11.6. The van der Waals surface area contributed by atoms with Crippen molar-refractivity contribution in [3.8, 4) is 55.9 Å². The van der Waals surface area contributed by atoms with Crippen LogP contribution in [0, 0.1) is 0 Å². The summed E-state index contributed by atoms with van der Waals surface area (Å²) in [6, 6.07) is 63.0. The largest absolute Gasteiger partial charge is 0.247 e. The van der Waals surface area contributed by atoms with Gasteiger partial charge in [-0.05, 0) is 121 Å². The van der Waals surface area contributed by atoms with Crippen molar-refractivity contribution >= 4 is 48.9 Å². The van der Waals surface area contributed by atoms with Crippen molar-refractivity contribution < 1.29 is 0 Å². The lowest BCUT2D eigenvalue weighted by Crippen LogP contribution is -2.16. The number of aromatic nitrogens is 2. The van der Waals surface area contributed by atoms with Crippen LogP contribution < -0.4 is 0 Å². The highest BCUT2D eigenvalue weighted by Crippen LogP contribution is 2.53. The molecule has 2 nitrogen and oxygen atoms in total. The van der Waals surface area contributed by atoms with E-state index in [4.69, 9.17) is 9.97 Å². The molecule has 3 aliphatic carbocycles. The summed E-state index contributed by atoms with van der Waals surface area (Å²) in [6.07, 6.45) is 6.95. The molecule has 64 heavy (non-hydrogen) atoms. The van der Waals surface area contributed by atoms with Crippen molar-refractivity contribution in [3.63, 3.8) is 0 Å². The van der Waals surface area contributed by atoms with Crippen LogP contribution in [-0.4, -0.2) is 9.97 Å².